The van der Waals surface area contributed by atoms with E-state index in [1.54, 1.807) is 0 Å². The normalized spacial score (nSPS) is 27.2. The van der Waals surface area contributed by atoms with E-state index in [9.17, 15) is 8.42 Å². The van der Waals surface area contributed by atoms with Gasteiger partial charge in [-0.25, -0.2) is 0 Å². The molecule has 1 heterocycles. The summed E-state index contributed by atoms with van der Waals surface area (Å²) >= 11 is 0. The molecule has 1 rings (SSSR count). The molecule has 2 unspecified atom stereocenters. The van der Waals surface area contributed by atoms with Crippen LogP contribution in [-0.2, 0) is 19.7 Å². The molecular weight excluding hydrogens is 246 g/mol. The van der Waals surface area contributed by atoms with Gasteiger partial charge in [0.05, 0.1) is 18.8 Å². The van der Waals surface area contributed by atoms with Gasteiger partial charge in [0.25, 0.3) is 10.2 Å². The third-order valence-electron chi connectivity index (χ3n) is 2.49. The summed E-state index contributed by atoms with van der Waals surface area (Å²) in [4.78, 5) is 0. The van der Waals surface area contributed by atoms with Gasteiger partial charge in [0, 0.05) is 33.3 Å². The standard InChI is InChI=1S/C9H21N3O4S/c1-8-6-12(7-9(5-10)16-8)17(13,14)11-3-4-15-2/h8-9,11H,3-7,10H2,1-2H3. The highest BCUT2D eigenvalue weighted by molar-refractivity contribution is 7.87. The molecule has 8 heteroatoms. The van der Waals surface area contributed by atoms with Gasteiger partial charge >= 0.3 is 0 Å². The van der Waals surface area contributed by atoms with Gasteiger partial charge in [-0.15, -0.1) is 0 Å². The Morgan fingerprint density at radius 3 is 2.82 bits per heavy atom. The quantitative estimate of drug-likeness (QED) is 0.572. The Morgan fingerprint density at radius 1 is 1.53 bits per heavy atom. The smallest absolute Gasteiger partial charge is 0.279 e. The highest BCUT2D eigenvalue weighted by Gasteiger charge is 2.31. The largest absolute Gasteiger partial charge is 0.383 e. The SMILES string of the molecule is COCCNS(=O)(=O)N1CC(C)OC(CN)C1. The summed E-state index contributed by atoms with van der Waals surface area (Å²) in [7, 11) is -1.94. The number of nitrogens with one attached hydrogen (secondary N) is 1. The fraction of sp³-hybridized carbons (Fsp3) is 1.00. The third-order valence-corrected chi connectivity index (χ3v) is 4.03. The molecule has 0 bridgehead atoms. The maximum absolute atomic E-state index is 11.9. The van der Waals surface area contributed by atoms with Gasteiger partial charge in [-0.1, -0.05) is 0 Å². The van der Waals surface area contributed by atoms with Gasteiger partial charge in [-0.05, 0) is 6.92 Å². The Bertz CT molecular complexity index is 322. The predicted molar refractivity (Wildman–Crippen MR) is 63.8 cm³/mol. The van der Waals surface area contributed by atoms with Crippen LogP contribution in [0.3, 0.4) is 0 Å². The van der Waals surface area contributed by atoms with E-state index < -0.39 is 10.2 Å². The lowest BCUT2D eigenvalue weighted by Crippen LogP contribution is -2.54. The van der Waals surface area contributed by atoms with E-state index in [1.165, 1.54) is 11.4 Å². The first-order chi connectivity index (χ1) is 7.99. The topological polar surface area (TPSA) is 93.9 Å². The third kappa shape index (κ3) is 4.49. The number of hydrogen-bond acceptors (Lipinski definition) is 5. The van der Waals surface area contributed by atoms with Crippen molar-refractivity contribution in [2.75, 3.05) is 39.9 Å². The van der Waals surface area contributed by atoms with E-state index >= 15 is 0 Å². The minimum atomic E-state index is -3.46. The van der Waals surface area contributed by atoms with Crippen LogP contribution in [-0.4, -0.2) is 64.8 Å². The summed E-state index contributed by atoms with van der Waals surface area (Å²) in [5.74, 6) is 0. The molecule has 0 saturated carbocycles. The predicted octanol–water partition coefficient (Wildman–Crippen LogP) is -1.48. The first-order valence-corrected chi connectivity index (χ1v) is 7.02. The molecule has 1 aliphatic rings. The second-order valence-electron chi connectivity index (χ2n) is 4.01. The minimum Gasteiger partial charge on any atom is -0.383 e. The zero-order chi connectivity index (χ0) is 12.9. The second kappa shape index (κ2) is 6.62. The van der Waals surface area contributed by atoms with Crippen LogP contribution in [0.15, 0.2) is 0 Å². The first kappa shape index (κ1) is 14.8. The summed E-state index contributed by atoms with van der Waals surface area (Å²) in [6.45, 7) is 3.40. The lowest BCUT2D eigenvalue weighted by Gasteiger charge is -2.35. The highest BCUT2D eigenvalue weighted by Crippen LogP contribution is 2.13. The maximum atomic E-state index is 11.9. The average Bonchev–Trinajstić information content (AvgIpc) is 2.28. The molecule has 17 heavy (non-hydrogen) atoms. The fourth-order valence-electron chi connectivity index (χ4n) is 1.69. The number of hydrogen-bond donors (Lipinski definition) is 2. The molecule has 2 atom stereocenters. The van der Waals surface area contributed by atoms with Gasteiger partial charge in [-0.3, -0.25) is 0 Å². The number of morpholine rings is 1. The molecule has 0 spiro atoms. The number of rotatable bonds is 6. The van der Waals surface area contributed by atoms with Crippen molar-refractivity contribution in [1.82, 2.24) is 9.03 Å². The van der Waals surface area contributed by atoms with Crippen LogP contribution in [0.25, 0.3) is 0 Å². The van der Waals surface area contributed by atoms with E-state index in [0.29, 0.717) is 26.2 Å². The van der Waals surface area contributed by atoms with E-state index in [2.05, 4.69) is 4.72 Å². The molecular formula is C9H21N3O4S. The Balaban J connectivity index is 2.57. The molecule has 1 fully saturated rings. The first-order valence-electron chi connectivity index (χ1n) is 5.58. The van der Waals surface area contributed by atoms with Crippen molar-refractivity contribution in [3.05, 3.63) is 0 Å². The molecule has 0 aromatic rings. The Morgan fingerprint density at radius 2 is 2.24 bits per heavy atom. The summed E-state index contributed by atoms with van der Waals surface area (Å²) in [6, 6.07) is 0. The van der Waals surface area contributed by atoms with Crippen molar-refractivity contribution in [2.45, 2.75) is 19.1 Å². The summed E-state index contributed by atoms with van der Waals surface area (Å²) in [5, 5.41) is 0. The van der Waals surface area contributed by atoms with Crippen molar-refractivity contribution in [3.63, 3.8) is 0 Å². The molecule has 0 aromatic carbocycles. The Labute approximate surface area is 102 Å². The van der Waals surface area contributed by atoms with Gasteiger partial charge in [0.2, 0.25) is 0 Å². The highest BCUT2D eigenvalue weighted by atomic mass is 32.2. The van der Waals surface area contributed by atoms with Gasteiger partial charge in [0.1, 0.15) is 0 Å². The number of methoxy groups -OCH3 is 1. The fourth-order valence-corrected chi connectivity index (χ4v) is 2.99. The minimum absolute atomic E-state index is 0.142. The lowest BCUT2D eigenvalue weighted by molar-refractivity contribution is -0.0489. The second-order valence-corrected chi connectivity index (χ2v) is 5.77. The molecule has 0 aromatic heterocycles. The van der Waals surface area contributed by atoms with Gasteiger partial charge < -0.3 is 15.2 Å². The van der Waals surface area contributed by atoms with E-state index in [4.69, 9.17) is 15.2 Å². The summed E-state index contributed by atoms with van der Waals surface area (Å²) in [6.07, 6.45) is -0.381. The zero-order valence-electron chi connectivity index (χ0n) is 10.3. The zero-order valence-corrected chi connectivity index (χ0v) is 11.1. The lowest BCUT2D eigenvalue weighted by atomic mass is 10.2. The monoisotopic (exact) mass is 267 g/mol. The molecule has 0 amide bonds. The van der Waals surface area contributed by atoms with Gasteiger partial charge in [-0.2, -0.15) is 17.4 Å². The van der Waals surface area contributed by atoms with Crippen LogP contribution in [0.2, 0.25) is 0 Å². The maximum Gasteiger partial charge on any atom is 0.279 e. The van der Waals surface area contributed by atoms with Crippen LogP contribution in [0.1, 0.15) is 6.92 Å². The summed E-state index contributed by atoms with van der Waals surface area (Å²) in [5.41, 5.74) is 5.51. The van der Waals surface area contributed by atoms with Crippen LogP contribution in [0.4, 0.5) is 0 Å². The van der Waals surface area contributed by atoms with Crippen molar-refractivity contribution >= 4 is 10.2 Å². The molecule has 3 N–H and O–H groups in total. The van der Waals surface area contributed by atoms with Crippen LogP contribution in [0, 0.1) is 0 Å². The van der Waals surface area contributed by atoms with Crippen molar-refractivity contribution in [3.8, 4) is 0 Å². The van der Waals surface area contributed by atoms with Crippen molar-refractivity contribution < 1.29 is 17.9 Å². The van der Waals surface area contributed by atoms with Crippen LogP contribution < -0.4 is 10.5 Å². The number of nitrogens with two attached hydrogens (primary N) is 1. The van der Waals surface area contributed by atoms with Crippen LogP contribution >= 0.6 is 0 Å². The van der Waals surface area contributed by atoms with E-state index in [-0.39, 0.29) is 18.8 Å². The number of ether oxygens (including phenoxy) is 2. The molecule has 0 aliphatic carbocycles. The van der Waals surface area contributed by atoms with E-state index in [0.717, 1.165) is 0 Å². The average molecular weight is 267 g/mol. The molecule has 102 valence electrons. The molecule has 0 radical (unpaired) electrons. The molecule has 1 saturated heterocycles. The summed E-state index contributed by atoms with van der Waals surface area (Å²) < 4.78 is 38.0. The molecule has 7 nitrogen and oxygen atoms in total. The van der Waals surface area contributed by atoms with Gasteiger partial charge in [0.15, 0.2) is 0 Å². The Kier molecular flexibility index (Phi) is 5.77. The molecule has 1 aliphatic heterocycles. The Hall–Kier alpha value is -0.250. The van der Waals surface area contributed by atoms with Crippen molar-refractivity contribution in [1.29, 1.82) is 0 Å². The van der Waals surface area contributed by atoms with Crippen LogP contribution in [0.5, 0.6) is 0 Å². The number of nitrogens with zero attached hydrogens (tertiary/aromatic N) is 1. The van der Waals surface area contributed by atoms with E-state index in [1.807, 2.05) is 6.92 Å². The van der Waals surface area contributed by atoms with Crippen molar-refractivity contribution in [2.24, 2.45) is 5.73 Å².